The number of hydrogen-bond donors (Lipinski definition) is 1. The van der Waals surface area contributed by atoms with Crippen molar-refractivity contribution in [2.75, 3.05) is 0 Å². The quantitative estimate of drug-likeness (QED) is 0.802. The first-order valence-electron chi connectivity index (χ1n) is 6.61. The zero-order valence-corrected chi connectivity index (χ0v) is 11.6. The molecule has 0 amide bonds. The van der Waals surface area contributed by atoms with Crippen molar-refractivity contribution in [3.05, 3.63) is 59.5 Å². The van der Waals surface area contributed by atoms with Crippen molar-refractivity contribution in [2.24, 2.45) is 7.05 Å². The van der Waals surface area contributed by atoms with Crippen LogP contribution in [0, 0.1) is 5.82 Å². The van der Waals surface area contributed by atoms with Crippen LogP contribution in [-0.2, 0) is 20.3 Å². The van der Waals surface area contributed by atoms with E-state index in [0.29, 0.717) is 11.3 Å². The van der Waals surface area contributed by atoms with Crippen molar-refractivity contribution < 1.29 is 14.2 Å². The molecule has 0 bridgehead atoms. The summed E-state index contributed by atoms with van der Waals surface area (Å²) in [5, 5.41) is 14.5. The number of halogens is 1. The average molecular weight is 286 g/mol. The molecule has 0 saturated heterocycles. The summed E-state index contributed by atoms with van der Waals surface area (Å²) >= 11 is 0. The molecule has 4 nitrogen and oxygen atoms in total. The molecule has 1 aromatic heterocycles. The predicted molar refractivity (Wildman–Crippen MR) is 77.4 cm³/mol. The molecule has 21 heavy (non-hydrogen) atoms. The van der Waals surface area contributed by atoms with Gasteiger partial charge in [-0.15, -0.1) is 0 Å². The van der Waals surface area contributed by atoms with Crippen LogP contribution < -0.4 is 4.74 Å². The minimum Gasteiger partial charge on any atom is -0.487 e. The van der Waals surface area contributed by atoms with Gasteiger partial charge in [-0.1, -0.05) is 18.2 Å². The Kier molecular flexibility index (Phi) is 3.58. The number of aromatic nitrogens is 2. The molecule has 0 radical (unpaired) electrons. The largest absolute Gasteiger partial charge is 0.487 e. The number of fused-ring (bicyclic) bond motifs is 1. The number of aliphatic hydroxyl groups excluding tert-OH is 1. The fraction of sp³-hybridized carbons (Fsp3) is 0.188. The summed E-state index contributed by atoms with van der Waals surface area (Å²) in [4.78, 5) is 0. The lowest BCUT2D eigenvalue weighted by atomic mass is 10.2. The zero-order chi connectivity index (χ0) is 14.8. The van der Waals surface area contributed by atoms with Crippen LogP contribution in [0.25, 0.3) is 10.9 Å². The molecule has 5 heteroatoms. The number of hydrogen-bond acceptors (Lipinski definition) is 3. The minimum atomic E-state index is -0.428. The van der Waals surface area contributed by atoms with Crippen LogP contribution >= 0.6 is 0 Å². The topological polar surface area (TPSA) is 47.3 Å². The molecule has 1 N–H and O–H groups in total. The highest BCUT2D eigenvalue weighted by Crippen LogP contribution is 2.21. The van der Waals surface area contributed by atoms with Gasteiger partial charge in [0.15, 0.2) is 0 Å². The van der Waals surface area contributed by atoms with Crippen LogP contribution in [0.1, 0.15) is 11.3 Å². The van der Waals surface area contributed by atoms with Gasteiger partial charge in [0.1, 0.15) is 23.9 Å². The van der Waals surface area contributed by atoms with Gasteiger partial charge in [0, 0.05) is 18.5 Å². The van der Waals surface area contributed by atoms with Gasteiger partial charge in [0.25, 0.3) is 0 Å². The third-order valence-corrected chi connectivity index (χ3v) is 3.32. The molecule has 0 fully saturated rings. The van der Waals surface area contributed by atoms with Crippen LogP contribution in [0.15, 0.2) is 42.5 Å². The third-order valence-electron chi connectivity index (χ3n) is 3.32. The standard InChI is InChI=1S/C16H15FN2O2/c1-19-16-5-3-2-4-14(16)15(18-19)10-21-13-7-11(9-20)6-12(17)8-13/h2-8,20H,9-10H2,1H3. The van der Waals surface area contributed by atoms with Crippen molar-refractivity contribution >= 4 is 10.9 Å². The fourth-order valence-corrected chi connectivity index (χ4v) is 2.34. The molecule has 3 rings (SSSR count). The van der Waals surface area contributed by atoms with Crippen molar-refractivity contribution in [1.29, 1.82) is 0 Å². The van der Waals surface area contributed by atoms with E-state index in [4.69, 9.17) is 9.84 Å². The molecular formula is C16H15FN2O2. The van der Waals surface area contributed by atoms with E-state index in [2.05, 4.69) is 5.10 Å². The van der Waals surface area contributed by atoms with E-state index < -0.39 is 5.82 Å². The first-order chi connectivity index (χ1) is 10.2. The Morgan fingerprint density at radius 3 is 2.86 bits per heavy atom. The molecule has 0 spiro atoms. The summed E-state index contributed by atoms with van der Waals surface area (Å²) in [6.45, 7) is 0.0241. The summed E-state index contributed by atoms with van der Waals surface area (Å²) in [5.41, 5.74) is 2.30. The molecule has 0 aliphatic heterocycles. The van der Waals surface area contributed by atoms with Gasteiger partial charge in [-0.25, -0.2) is 4.39 Å². The Bertz CT molecular complexity index is 783. The van der Waals surface area contributed by atoms with Crippen LogP contribution in [0.2, 0.25) is 0 Å². The van der Waals surface area contributed by atoms with Gasteiger partial charge in [0.05, 0.1) is 12.1 Å². The van der Waals surface area contributed by atoms with E-state index in [1.165, 1.54) is 12.1 Å². The lowest BCUT2D eigenvalue weighted by Crippen LogP contribution is -1.99. The molecule has 3 aromatic rings. The van der Waals surface area contributed by atoms with Gasteiger partial charge in [-0.05, 0) is 23.8 Å². The Balaban J connectivity index is 1.85. The lowest BCUT2D eigenvalue weighted by Gasteiger charge is -2.06. The minimum absolute atomic E-state index is 0.222. The molecule has 0 aliphatic rings. The smallest absolute Gasteiger partial charge is 0.133 e. The Labute approximate surface area is 121 Å². The van der Waals surface area contributed by atoms with Crippen LogP contribution in [-0.4, -0.2) is 14.9 Å². The Morgan fingerprint density at radius 2 is 2.05 bits per heavy atom. The fourth-order valence-electron chi connectivity index (χ4n) is 2.34. The predicted octanol–water partition coefficient (Wildman–Crippen LogP) is 2.78. The summed E-state index contributed by atoms with van der Waals surface area (Å²) in [6, 6.07) is 12.1. The molecular weight excluding hydrogens is 271 g/mol. The van der Waals surface area contributed by atoms with Gasteiger partial charge in [-0.2, -0.15) is 5.10 Å². The molecule has 108 valence electrons. The molecule has 0 saturated carbocycles. The third kappa shape index (κ3) is 2.73. The summed E-state index contributed by atoms with van der Waals surface area (Å²) in [5.74, 6) is -0.0452. The average Bonchev–Trinajstić information content (AvgIpc) is 2.82. The summed E-state index contributed by atoms with van der Waals surface area (Å²) < 4.78 is 20.8. The van der Waals surface area contributed by atoms with Crippen molar-refractivity contribution in [3.8, 4) is 5.75 Å². The van der Waals surface area contributed by atoms with E-state index in [-0.39, 0.29) is 13.2 Å². The zero-order valence-electron chi connectivity index (χ0n) is 11.6. The number of para-hydroxylation sites is 1. The van der Waals surface area contributed by atoms with Crippen LogP contribution in [0.4, 0.5) is 4.39 Å². The van der Waals surface area contributed by atoms with E-state index in [0.717, 1.165) is 16.6 Å². The van der Waals surface area contributed by atoms with E-state index in [9.17, 15) is 4.39 Å². The molecule has 2 aromatic carbocycles. The van der Waals surface area contributed by atoms with Crippen molar-refractivity contribution in [1.82, 2.24) is 9.78 Å². The molecule has 0 atom stereocenters. The molecule has 0 aliphatic carbocycles. The van der Waals surface area contributed by atoms with E-state index in [1.54, 1.807) is 10.7 Å². The number of nitrogens with zero attached hydrogens (tertiary/aromatic N) is 2. The second-order valence-electron chi connectivity index (χ2n) is 4.83. The van der Waals surface area contributed by atoms with E-state index >= 15 is 0 Å². The second-order valence-corrected chi connectivity index (χ2v) is 4.83. The van der Waals surface area contributed by atoms with Crippen LogP contribution in [0.5, 0.6) is 5.75 Å². The maximum Gasteiger partial charge on any atom is 0.133 e. The number of aryl methyl sites for hydroxylation is 1. The van der Waals surface area contributed by atoms with Crippen molar-refractivity contribution in [2.45, 2.75) is 13.2 Å². The SMILES string of the molecule is Cn1nc(COc2cc(F)cc(CO)c2)c2ccccc21. The second kappa shape index (κ2) is 5.54. The maximum absolute atomic E-state index is 13.4. The first kappa shape index (κ1) is 13.6. The van der Waals surface area contributed by atoms with Gasteiger partial charge >= 0.3 is 0 Å². The van der Waals surface area contributed by atoms with Crippen molar-refractivity contribution in [3.63, 3.8) is 0 Å². The van der Waals surface area contributed by atoms with Gasteiger partial charge < -0.3 is 9.84 Å². The van der Waals surface area contributed by atoms with Crippen LogP contribution in [0.3, 0.4) is 0 Å². The summed E-state index contributed by atoms with van der Waals surface area (Å²) in [6.07, 6.45) is 0. The highest BCUT2D eigenvalue weighted by atomic mass is 19.1. The maximum atomic E-state index is 13.4. The highest BCUT2D eigenvalue weighted by molar-refractivity contribution is 5.81. The number of rotatable bonds is 4. The molecule has 1 heterocycles. The molecule has 0 unspecified atom stereocenters. The number of aliphatic hydroxyl groups is 1. The number of ether oxygens (including phenoxy) is 1. The monoisotopic (exact) mass is 286 g/mol. The summed E-state index contributed by atoms with van der Waals surface area (Å²) in [7, 11) is 1.87. The lowest BCUT2D eigenvalue weighted by molar-refractivity contribution is 0.276. The van der Waals surface area contributed by atoms with E-state index in [1.807, 2.05) is 31.3 Å². The first-order valence-corrected chi connectivity index (χ1v) is 6.61. The highest BCUT2D eigenvalue weighted by Gasteiger charge is 2.09. The Hall–Kier alpha value is -2.40. The normalized spacial score (nSPS) is 11.0. The number of benzene rings is 2. The van der Waals surface area contributed by atoms with Gasteiger partial charge in [0.2, 0.25) is 0 Å². The van der Waals surface area contributed by atoms with Gasteiger partial charge in [-0.3, -0.25) is 4.68 Å². The Morgan fingerprint density at radius 1 is 1.24 bits per heavy atom.